The molecule has 0 bridgehead atoms. The van der Waals surface area contributed by atoms with Crippen LogP contribution in [-0.2, 0) is 11.0 Å². The van der Waals surface area contributed by atoms with Crippen molar-refractivity contribution < 1.29 is 31.9 Å². The fraction of sp³-hybridized carbons (Fsp3) is 0.211. The number of nitriles is 1. The van der Waals surface area contributed by atoms with Crippen molar-refractivity contribution in [1.82, 2.24) is 4.98 Å². The molecule has 0 unspecified atom stereocenters. The number of carbonyl (C=O) groups is 3. The molecule has 12 heteroatoms. The van der Waals surface area contributed by atoms with E-state index in [1.807, 2.05) is 0 Å². The number of nitrogens with zero attached hydrogens (tertiary/aromatic N) is 4. The number of carbonyl (C=O) groups excluding carboxylic acids is 3. The Hall–Kier alpha value is -4.01. The first kappa shape index (κ1) is 21.7. The molecule has 1 aromatic carbocycles. The summed E-state index contributed by atoms with van der Waals surface area (Å²) in [7, 11) is 0. The third kappa shape index (κ3) is 3.43. The molecule has 3 rings (SSSR count). The summed E-state index contributed by atoms with van der Waals surface area (Å²) in [6.07, 6.45) is -4.16. The largest absolute Gasteiger partial charge is 0.419 e. The first-order chi connectivity index (χ1) is 14.3. The fourth-order valence-corrected chi connectivity index (χ4v) is 3.18. The molecule has 4 amide bonds. The van der Waals surface area contributed by atoms with Crippen LogP contribution >= 0.6 is 0 Å². The summed E-state index contributed by atoms with van der Waals surface area (Å²) < 4.78 is 54.0. The maximum Gasteiger partial charge on any atom is 0.419 e. The van der Waals surface area contributed by atoms with Crippen molar-refractivity contribution in [2.75, 3.05) is 9.80 Å². The van der Waals surface area contributed by atoms with Gasteiger partial charge in [-0.15, -0.1) is 0 Å². The number of alkyl halides is 3. The number of urea groups is 1. The van der Waals surface area contributed by atoms with Crippen LogP contribution in [0.5, 0.6) is 0 Å². The minimum Gasteiger partial charge on any atom is -0.366 e. The van der Waals surface area contributed by atoms with Gasteiger partial charge in [0.05, 0.1) is 23.0 Å². The summed E-state index contributed by atoms with van der Waals surface area (Å²) >= 11 is 0. The van der Waals surface area contributed by atoms with Crippen LogP contribution < -0.4 is 15.5 Å². The van der Waals surface area contributed by atoms with Crippen molar-refractivity contribution >= 4 is 29.2 Å². The zero-order valence-electron chi connectivity index (χ0n) is 16.0. The van der Waals surface area contributed by atoms with Gasteiger partial charge in [-0.3, -0.25) is 14.5 Å². The van der Waals surface area contributed by atoms with Crippen LogP contribution in [0.4, 0.5) is 33.7 Å². The third-order valence-electron chi connectivity index (χ3n) is 4.69. The molecule has 2 N–H and O–H groups in total. The molecular weight excluding hydrogens is 422 g/mol. The van der Waals surface area contributed by atoms with Crippen LogP contribution in [0.2, 0.25) is 0 Å². The van der Waals surface area contributed by atoms with E-state index in [0.29, 0.717) is 11.0 Å². The number of rotatable bonds is 3. The van der Waals surface area contributed by atoms with E-state index in [4.69, 9.17) is 11.0 Å². The SMILES string of the molecule is CC1(C)C(=O)N(c2cnc(C#N)c(C(F)(F)F)c2)C(=O)N1c1ccc(C(N)=O)c(F)c1. The van der Waals surface area contributed by atoms with Crippen LogP contribution in [0.15, 0.2) is 30.5 Å². The molecule has 2 aromatic rings. The molecule has 31 heavy (non-hydrogen) atoms. The summed E-state index contributed by atoms with van der Waals surface area (Å²) in [6, 6.07) is 3.72. The number of hydrogen-bond donors (Lipinski definition) is 1. The lowest BCUT2D eigenvalue weighted by Gasteiger charge is -2.27. The maximum absolute atomic E-state index is 14.2. The lowest BCUT2D eigenvalue weighted by molar-refractivity contribution is -0.138. The predicted molar refractivity (Wildman–Crippen MR) is 98.3 cm³/mol. The number of aromatic nitrogens is 1. The first-order valence-corrected chi connectivity index (χ1v) is 8.56. The Morgan fingerprint density at radius 3 is 2.35 bits per heavy atom. The minimum atomic E-state index is -4.96. The van der Waals surface area contributed by atoms with Gasteiger partial charge < -0.3 is 5.73 Å². The fourth-order valence-electron chi connectivity index (χ4n) is 3.18. The number of nitrogens with two attached hydrogens (primary N) is 1. The molecule has 8 nitrogen and oxygen atoms in total. The van der Waals surface area contributed by atoms with Crippen LogP contribution in [0.1, 0.15) is 35.5 Å². The van der Waals surface area contributed by atoms with E-state index in [-0.39, 0.29) is 5.69 Å². The van der Waals surface area contributed by atoms with Gasteiger partial charge in [0.2, 0.25) is 0 Å². The van der Waals surface area contributed by atoms with Crippen molar-refractivity contribution in [1.29, 1.82) is 5.26 Å². The zero-order chi connectivity index (χ0) is 23.3. The summed E-state index contributed by atoms with van der Waals surface area (Å²) in [5, 5.41) is 8.87. The monoisotopic (exact) mass is 435 g/mol. The molecule has 1 fully saturated rings. The smallest absolute Gasteiger partial charge is 0.366 e. The van der Waals surface area contributed by atoms with E-state index in [1.54, 1.807) is 0 Å². The number of halogens is 4. The van der Waals surface area contributed by atoms with E-state index in [2.05, 4.69) is 4.98 Å². The highest BCUT2D eigenvalue weighted by Crippen LogP contribution is 2.39. The molecular formula is C19H13F4N5O3. The van der Waals surface area contributed by atoms with E-state index < -0.39 is 57.9 Å². The minimum absolute atomic E-state index is 0.119. The van der Waals surface area contributed by atoms with Crippen molar-refractivity contribution in [3.05, 3.63) is 53.1 Å². The summed E-state index contributed by atoms with van der Waals surface area (Å²) in [5.41, 5.74) is 0.0211. The van der Waals surface area contributed by atoms with Gasteiger partial charge >= 0.3 is 12.2 Å². The highest BCUT2D eigenvalue weighted by atomic mass is 19.4. The average molecular weight is 435 g/mol. The summed E-state index contributed by atoms with van der Waals surface area (Å²) in [4.78, 5) is 41.9. The maximum atomic E-state index is 14.2. The Balaban J connectivity index is 2.12. The Morgan fingerprint density at radius 1 is 1.19 bits per heavy atom. The van der Waals surface area contributed by atoms with Gasteiger partial charge in [0, 0.05) is 5.69 Å². The second-order valence-corrected chi connectivity index (χ2v) is 7.05. The summed E-state index contributed by atoms with van der Waals surface area (Å²) in [6.45, 7) is 2.63. The second-order valence-electron chi connectivity index (χ2n) is 7.05. The zero-order valence-corrected chi connectivity index (χ0v) is 16.0. The molecule has 2 heterocycles. The number of pyridine rings is 1. The first-order valence-electron chi connectivity index (χ1n) is 8.56. The van der Waals surface area contributed by atoms with Gasteiger partial charge in [-0.05, 0) is 38.1 Å². The normalized spacial score (nSPS) is 15.9. The van der Waals surface area contributed by atoms with E-state index in [0.717, 1.165) is 23.2 Å². The van der Waals surface area contributed by atoms with Gasteiger partial charge in [0.15, 0.2) is 5.69 Å². The Labute approximate surface area is 172 Å². The van der Waals surface area contributed by atoms with E-state index in [9.17, 15) is 31.9 Å². The van der Waals surface area contributed by atoms with Gasteiger partial charge in [-0.1, -0.05) is 0 Å². The van der Waals surface area contributed by atoms with E-state index >= 15 is 0 Å². The summed E-state index contributed by atoms with van der Waals surface area (Å²) in [5.74, 6) is -2.99. The van der Waals surface area contributed by atoms with Crippen molar-refractivity contribution in [3.8, 4) is 6.07 Å². The molecule has 160 valence electrons. The number of imide groups is 1. The van der Waals surface area contributed by atoms with Crippen LogP contribution in [0, 0.1) is 17.1 Å². The molecule has 0 spiro atoms. The van der Waals surface area contributed by atoms with Crippen LogP contribution in [0.3, 0.4) is 0 Å². The quantitative estimate of drug-likeness (QED) is 0.587. The Kier molecular flexibility index (Phi) is 4.93. The molecule has 0 aliphatic carbocycles. The molecule has 1 aromatic heterocycles. The lowest BCUT2D eigenvalue weighted by atomic mass is 10.0. The number of anilines is 2. The number of benzene rings is 1. The molecule has 0 radical (unpaired) electrons. The van der Waals surface area contributed by atoms with Gasteiger partial charge in [-0.2, -0.15) is 18.4 Å². The van der Waals surface area contributed by atoms with Gasteiger partial charge in [0.25, 0.3) is 11.8 Å². The van der Waals surface area contributed by atoms with E-state index in [1.165, 1.54) is 26.0 Å². The Morgan fingerprint density at radius 2 is 1.84 bits per heavy atom. The topological polar surface area (TPSA) is 120 Å². The molecule has 0 atom stereocenters. The number of hydrogen-bond acceptors (Lipinski definition) is 5. The molecule has 1 aliphatic heterocycles. The molecule has 0 saturated carbocycles. The van der Waals surface area contributed by atoms with Crippen molar-refractivity contribution in [2.45, 2.75) is 25.6 Å². The third-order valence-corrected chi connectivity index (χ3v) is 4.69. The van der Waals surface area contributed by atoms with Crippen molar-refractivity contribution in [2.24, 2.45) is 5.73 Å². The average Bonchev–Trinajstić information content (AvgIpc) is 2.84. The number of primary amides is 1. The predicted octanol–water partition coefficient (Wildman–Crippen LogP) is 2.96. The highest BCUT2D eigenvalue weighted by Gasteiger charge is 2.53. The second kappa shape index (κ2) is 7.05. The lowest BCUT2D eigenvalue weighted by Crippen LogP contribution is -2.44. The van der Waals surface area contributed by atoms with Crippen LogP contribution in [0.25, 0.3) is 0 Å². The Bertz CT molecular complexity index is 1170. The van der Waals surface area contributed by atoms with Crippen LogP contribution in [-0.4, -0.2) is 28.4 Å². The van der Waals surface area contributed by atoms with Gasteiger partial charge in [-0.25, -0.2) is 19.1 Å². The highest BCUT2D eigenvalue weighted by molar-refractivity contribution is 6.30. The molecule has 1 saturated heterocycles. The molecule has 1 aliphatic rings. The standard InChI is InChI=1S/C19H13F4N5O3/c1-18(2)16(30)27(10-5-12(19(21,22)23)14(7-24)26-8-10)17(31)28(18)9-3-4-11(15(25)29)13(20)6-9/h3-6,8H,1-2H3,(H2,25,29). The number of amides is 4. The van der Waals surface area contributed by atoms with Gasteiger partial charge in [0.1, 0.15) is 17.4 Å². The van der Waals surface area contributed by atoms with Crippen molar-refractivity contribution in [3.63, 3.8) is 0 Å².